The van der Waals surface area contributed by atoms with Crippen LogP contribution in [-0.2, 0) is 0 Å². The molecule has 5 nitrogen and oxygen atoms in total. The number of nitrogens with two attached hydrogens (primary N) is 1. The SMILES string of the molecule is C=CCN1CCN(c2ncc(N)cn2)CC1. The predicted octanol–water partition coefficient (Wildman–Crippen LogP) is 0.367. The zero-order valence-electron chi connectivity index (χ0n) is 9.34. The van der Waals surface area contributed by atoms with Crippen molar-refractivity contribution in [2.75, 3.05) is 43.4 Å². The number of anilines is 2. The number of nitrogens with zero attached hydrogens (tertiary/aromatic N) is 4. The van der Waals surface area contributed by atoms with E-state index in [2.05, 4.69) is 26.3 Å². The first-order valence-corrected chi connectivity index (χ1v) is 5.45. The molecule has 0 spiro atoms. The highest BCUT2D eigenvalue weighted by atomic mass is 15.3. The van der Waals surface area contributed by atoms with Crippen molar-refractivity contribution in [3.63, 3.8) is 0 Å². The van der Waals surface area contributed by atoms with Crippen molar-refractivity contribution in [1.29, 1.82) is 0 Å². The molecule has 0 unspecified atom stereocenters. The Morgan fingerprint density at radius 1 is 1.25 bits per heavy atom. The second kappa shape index (κ2) is 4.94. The van der Waals surface area contributed by atoms with Gasteiger partial charge in [0.1, 0.15) is 0 Å². The number of hydrogen-bond acceptors (Lipinski definition) is 5. The first-order valence-electron chi connectivity index (χ1n) is 5.45. The quantitative estimate of drug-likeness (QED) is 0.744. The highest BCUT2D eigenvalue weighted by molar-refractivity contribution is 5.38. The van der Waals surface area contributed by atoms with Gasteiger partial charge >= 0.3 is 0 Å². The molecule has 2 heterocycles. The van der Waals surface area contributed by atoms with Crippen molar-refractivity contribution in [2.45, 2.75) is 0 Å². The molecule has 0 saturated carbocycles. The van der Waals surface area contributed by atoms with Crippen LogP contribution < -0.4 is 10.6 Å². The molecule has 1 aliphatic heterocycles. The summed E-state index contributed by atoms with van der Waals surface area (Å²) < 4.78 is 0. The van der Waals surface area contributed by atoms with E-state index in [0.717, 1.165) is 38.7 Å². The summed E-state index contributed by atoms with van der Waals surface area (Å²) in [5.41, 5.74) is 6.16. The highest BCUT2D eigenvalue weighted by Crippen LogP contribution is 2.11. The van der Waals surface area contributed by atoms with Crippen LogP contribution in [0.15, 0.2) is 25.0 Å². The van der Waals surface area contributed by atoms with Crippen LogP contribution in [0.1, 0.15) is 0 Å². The monoisotopic (exact) mass is 219 g/mol. The average molecular weight is 219 g/mol. The van der Waals surface area contributed by atoms with Crippen molar-refractivity contribution in [2.24, 2.45) is 0 Å². The van der Waals surface area contributed by atoms with Crippen molar-refractivity contribution in [3.05, 3.63) is 25.0 Å². The Balaban J connectivity index is 1.93. The molecule has 2 rings (SSSR count). The first kappa shape index (κ1) is 10.9. The Morgan fingerprint density at radius 3 is 2.44 bits per heavy atom. The summed E-state index contributed by atoms with van der Waals surface area (Å²) >= 11 is 0. The second-order valence-corrected chi connectivity index (χ2v) is 3.89. The first-order chi connectivity index (χ1) is 7.79. The molecule has 1 aromatic heterocycles. The molecule has 0 amide bonds. The average Bonchev–Trinajstić information content (AvgIpc) is 2.32. The fourth-order valence-corrected chi connectivity index (χ4v) is 1.81. The lowest BCUT2D eigenvalue weighted by Gasteiger charge is -2.33. The van der Waals surface area contributed by atoms with Crippen LogP contribution in [0.4, 0.5) is 11.6 Å². The van der Waals surface area contributed by atoms with E-state index in [1.54, 1.807) is 12.4 Å². The second-order valence-electron chi connectivity index (χ2n) is 3.89. The Labute approximate surface area is 95.6 Å². The van der Waals surface area contributed by atoms with Gasteiger partial charge < -0.3 is 10.6 Å². The lowest BCUT2D eigenvalue weighted by atomic mass is 10.3. The molecule has 0 bridgehead atoms. The van der Waals surface area contributed by atoms with Crippen molar-refractivity contribution in [1.82, 2.24) is 14.9 Å². The van der Waals surface area contributed by atoms with Gasteiger partial charge in [-0.2, -0.15) is 0 Å². The minimum absolute atomic E-state index is 0.606. The van der Waals surface area contributed by atoms with Crippen LogP contribution in [0.5, 0.6) is 0 Å². The van der Waals surface area contributed by atoms with E-state index in [0.29, 0.717) is 5.69 Å². The van der Waals surface area contributed by atoms with Gasteiger partial charge in [-0.1, -0.05) is 6.08 Å². The van der Waals surface area contributed by atoms with Gasteiger partial charge in [0, 0.05) is 32.7 Å². The van der Waals surface area contributed by atoms with Gasteiger partial charge in [-0.25, -0.2) is 9.97 Å². The van der Waals surface area contributed by atoms with Crippen LogP contribution in [0, 0.1) is 0 Å². The molecule has 0 radical (unpaired) electrons. The fraction of sp³-hybridized carbons (Fsp3) is 0.455. The number of aromatic nitrogens is 2. The molecule has 16 heavy (non-hydrogen) atoms. The maximum Gasteiger partial charge on any atom is 0.225 e. The van der Waals surface area contributed by atoms with Crippen LogP contribution in [0.3, 0.4) is 0 Å². The summed E-state index contributed by atoms with van der Waals surface area (Å²) in [5.74, 6) is 0.771. The lowest BCUT2D eigenvalue weighted by molar-refractivity contribution is 0.283. The smallest absolute Gasteiger partial charge is 0.225 e. The van der Waals surface area contributed by atoms with E-state index >= 15 is 0 Å². The maximum atomic E-state index is 5.55. The zero-order valence-corrected chi connectivity index (χ0v) is 9.34. The minimum atomic E-state index is 0.606. The predicted molar refractivity (Wildman–Crippen MR) is 65.3 cm³/mol. The number of rotatable bonds is 3. The summed E-state index contributed by atoms with van der Waals surface area (Å²) in [6.45, 7) is 8.67. The maximum absolute atomic E-state index is 5.55. The number of nitrogen functional groups attached to an aromatic ring is 1. The number of piperazine rings is 1. The molecule has 0 aromatic carbocycles. The van der Waals surface area contributed by atoms with E-state index in [9.17, 15) is 0 Å². The van der Waals surface area contributed by atoms with Gasteiger partial charge in [0.15, 0.2) is 0 Å². The van der Waals surface area contributed by atoms with Crippen molar-refractivity contribution in [3.8, 4) is 0 Å². The highest BCUT2D eigenvalue weighted by Gasteiger charge is 2.17. The Bertz CT molecular complexity index is 340. The topological polar surface area (TPSA) is 58.3 Å². The number of hydrogen-bond donors (Lipinski definition) is 1. The third-order valence-electron chi connectivity index (χ3n) is 2.70. The molecule has 1 aliphatic rings. The van der Waals surface area contributed by atoms with Gasteiger partial charge in [-0.15, -0.1) is 6.58 Å². The van der Waals surface area contributed by atoms with E-state index < -0.39 is 0 Å². The Kier molecular flexibility index (Phi) is 3.36. The van der Waals surface area contributed by atoms with E-state index in [1.165, 1.54) is 0 Å². The zero-order chi connectivity index (χ0) is 11.4. The third kappa shape index (κ3) is 2.49. The Hall–Kier alpha value is -1.62. The van der Waals surface area contributed by atoms with Gasteiger partial charge in [0.2, 0.25) is 5.95 Å². The van der Waals surface area contributed by atoms with Crippen LogP contribution in [-0.4, -0.2) is 47.6 Å². The molecule has 1 fully saturated rings. The van der Waals surface area contributed by atoms with Crippen molar-refractivity contribution < 1.29 is 0 Å². The van der Waals surface area contributed by atoms with E-state index in [1.807, 2.05) is 6.08 Å². The van der Waals surface area contributed by atoms with Gasteiger partial charge in [-0.3, -0.25) is 4.90 Å². The molecule has 86 valence electrons. The summed E-state index contributed by atoms with van der Waals surface area (Å²) in [6.07, 6.45) is 5.24. The molecule has 1 aromatic rings. The lowest BCUT2D eigenvalue weighted by Crippen LogP contribution is -2.46. The molecule has 5 heteroatoms. The summed E-state index contributed by atoms with van der Waals surface area (Å²) in [6, 6.07) is 0. The summed E-state index contributed by atoms with van der Waals surface area (Å²) in [7, 11) is 0. The van der Waals surface area contributed by atoms with Gasteiger partial charge in [0.05, 0.1) is 18.1 Å². The molecular formula is C11H17N5. The van der Waals surface area contributed by atoms with Gasteiger partial charge in [0.25, 0.3) is 0 Å². The van der Waals surface area contributed by atoms with Crippen LogP contribution >= 0.6 is 0 Å². The van der Waals surface area contributed by atoms with Gasteiger partial charge in [-0.05, 0) is 0 Å². The standard InChI is InChI=1S/C11H17N5/c1-2-3-15-4-6-16(7-5-15)11-13-8-10(12)9-14-11/h2,8-9H,1,3-7,12H2. The molecule has 0 atom stereocenters. The molecule has 2 N–H and O–H groups in total. The molecule has 0 aliphatic carbocycles. The third-order valence-corrected chi connectivity index (χ3v) is 2.70. The minimum Gasteiger partial charge on any atom is -0.396 e. The van der Waals surface area contributed by atoms with E-state index in [4.69, 9.17) is 5.73 Å². The fourth-order valence-electron chi connectivity index (χ4n) is 1.81. The Morgan fingerprint density at radius 2 is 1.88 bits per heavy atom. The molecular weight excluding hydrogens is 202 g/mol. The normalized spacial score (nSPS) is 17.4. The summed E-state index contributed by atoms with van der Waals surface area (Å²) in [4.78, 5) is 13.0. The van der Waals surface area contributed by atoms with Crippen LogP contribution in [0.2, 0.25) is 0 Å². The van der Waals surface area contributed by atoms with Crippen molar-refractivity contribution >= 4 is 11.6 Å². The van der Waals surface area contributed by atoms with Crippen LogP contribution in [0.25, 0.3) is 0 Å². The molecule has 1 saturated heterocycles. The summed E-state index contributed by atoms with van der Waals surface area (Å²) in [5, 5.41) is 0. The largest absolute Gasteiger partial charge is 0.396 e. The van der Waals surface area contributed by atoms with E-state index in [-0.39, 0.29) is 0 Å².